The van der Waals surface area contributed by atoms with Crippen LogP contribution in [-0.2, 0) is 4.74 Å². The van der Waals surface area contributed by atoms with Gasteiger partial charge in [0.2, 0.25) is 0 Å². The lowest BCUT2D eigenvalue weighted by Gasteiger charge is -2.23. The summed E-state index contributed by atoms with van der Waals surface area (Å²) in [5.41, 5.74) is 1.34. The van der Waals surface area contributed by atoms with Gasteiger partial charge >= 0.3 is 5.97 Å². The maximum atomic E-state index is 11.6. The summed E-state index contributed by atoms with van der Waals surface area (Å²) in [7, 11) is 1.36. The number of ether oxygens (including phenoxy) is 1. The average Bonchev–Trinajstić information content (AvgIpc) is 2.49. The third-order valence-electron chi connectivity index (χ3n) is 2.89. The number of anilines is 2. The van der Waals surface area contributed by atoms with E-state index >= 15 is 0 Å². The molecule has 104 valence electrons. The number of carbonyl (C=O) groups is 1. The molecule has 0 saturated heterocycles. The van der Waals surface area contributed by atoms with Crippen LogP contribution in [0.1, 0.15) is 17.3 Å². The summed E-state index contributed by atoms with van der Waals surface area (Å²) in [6.45, 7) is 2.68. The maximum Gasteiger partial charge on any atom is 0.337 e. The Balaban J connectivity index is 2.42. The molecule has 0 bridgehead atoms. The molecule has 0 unspecified atom stereocenters. The van der Waals surface area contributed by atoms with Gasteiger partial charge in [0, 0.05) is 18.4 Å². The Bertz CT molecular complexity index is 616. The van der Waals surface area contributed by atoms with Crippen LogP contribution in [0.2, 0.25) is 5.02 Å². The summed E-state index contributed by atoms with van der Waals surface area (Å²) in [5, 5.41) is 0.567. The molecule has 4 nitrogen and oxygen atoms in total. The topological polar surface area (TPSA) is 42.4 Å². The predicted molar refractivity (Wildman–Crippen MR) is 79.7 cm³/mol. The lowest BCUT2D eigenvalue weighted by Crippen LogP contribution is -2.18. The smallest absolute Gasteiger partial charge is 0.337 e. The third kappa shape index (κ3) is 2.91. The lowest BCUT2D eigenvalue weighted by atomic mass is 10.2. The van der Waals surface area contributed by atoms with Gasteiger partial charge in [-0.05, 0) is 37.3 Å². The Morgan fingerprint density at radius 1 is 1.35 bits per heavy atom. The lowest BCUT2D eigenvalue weighted by molar-refractivity contribution is 0.0601. The van der Waals surface area contributed by atoms with Crippen LogP contribution in [0.4, 0.5) is 11.5 Å². The molecule has 5 heteroatoms. The van der Waals surface area contributed by atoms with Crippen molar-refractivity contribution in [1.82, 2.24) is 4.98 Å². The molecular formula is C15H15ClN2O2. The molecule has 0 amide bonds. The predicted octanol–water partition coefficient (Wildman–Crippen LogP) is 3.68. The zero-order valence-corrected chi connectivity index (χ0v) is 12.1. The highest BCUT2D eigenvalue weighted by Gasteiger charge is 2.14. The molecule has 2 aromatic rings. The maximum absolute atomic E-state index is 11.6. The first kappa shape index (κ1) is 14.3. The fourth-order valence-corrected chi connectivity index (χ4v) is 2.17. The van der Waals surface area contributed by atoms with Gasteiger partial charge in [-0.25, -0.2) is 9.78 Å². The van der Waals surface area contributed by atoms with Crippen LogP contribution in [0.25, 0.3) is 0 Å². The minimum atomic E-state index is -0.366. The molecule has 0 fully saturated rings. The van der Waals surface area contributed by atoms with Crippen molar-refractivity contribution in [3.05, 3.63) is 53.2 Å². The van der Waals surface area contributed by atoms with E-state index in [0.29, 0.717) is 22.9 Å². The van der Waals surface area contributed by atoms with Gasteiger partial charge in [0.15, 0.2) is 5.82 Å². The zero-order valence-electron chi connectivity index (χ0n) is 11.3. The second kappa shape index (κ2) is 6.39. The van der Waals surface area contributed by atoms with E-state index in [9.17, 15) is 4.79 Å². The SMILES string of the molecule is CCN(c1cccc(C(=O)OC)c1)c1ncccc1Cl. The van der Waals surface area contributed by atoms with E-state index in [1.807, 2.05) is 17.9 Å². The van der Waals surface area contributed by atoms with Gasteiger partial charge in [0.1, 0.15) is 0 Å². The molecular weight excluding hydrogens is 276 g/mol. The summed E-state index contributed by atoms with van der Waals surface area (Å²) in [5.74, 6) is 0.300. The average molecular weight is 291 g/mol. The standard InChI is InChI=1S/C15H15ClN2O2/c1-3-18(14-13(16)8-5-9-17-14)12-7-4-6-11(10-12)15(19)20-2/h4-10H,3H2,1-2H3. The molecule has 1 heterocycles. The first-order valence-corrected chi connectivity index (χ1v) is 6.61. The van der Waals surface area contributed by atoms with E-state index in [1.165, 1.54) is 7.11 Å². The second-order valence-corrected chi connectivity index (χ2v) is 4.50. The van der Waals surface area contributed by atoms with E-state index in [2.05, 4.69) is 4.98 Å². The molecule has 0 aliphatic heterocycles. The van der Waals surface area contributed by atoms with Crippen molar-refractivity contribution in [2.45, 2.75) is 6.92 Å². The Labute approximate surface area is 123 Å². The highest BCUT2D eigenvalue weighted by atomic mass is 35.5. The van der Waals surface area contributed by atoms with Crippen molar-refractivity contribution in [2.24, 2.45) is 0 Å². The van der Waals surface area contributed by atoms with Crippen LogP contribution < -0.4 is 4.90 Å². The molecule has 0 atom stereocenters. The Kier molecular flexibility index (Phi) is 4.58. The fraction of sp³-hybridized carbons (Fsp3) is 0.200. The molecule has 1 aromatic carbocycles. The number of benzene rings is 1. The van der Waals surface area contributed by atoms with E-state index in [4.69, 9.17) is 16.3 Å². The van der Waals surface area contributed by atoms with Crippen molar-refractivity contribution in [3.8, 4) is 0 Å². The molecule has 0 aliphatic carbocycles. The van der Waals surface area contributed by atoms with Crippen molar-refractivity contribution < 1.29 is 9.53 Å². The first-order valence-electron chi connectivity index (χ1n) is 6.23. The highest BCUT2D eigenvalue weighted by molar-refractivity contribution is 6.33. The largest absolute Gasteiger partial charge is 0.465 e. The number of hydrogen-bond acceptors (Lipinski definition) is 4. The number of carbonyl (C=O) groups excluding carboxylic acids is 1. The van der Waals surface area contributed by atoms with E-state index in [1.54, 1.807) is 36.5 Å². The molecule has 1 aromatic heterocycles. The molecule has 0 radical (unpaired) electrons. The van der Waals surface area contributed by atoms with Crippen molar-refractivity contribution in [1.29, 1.82) is 0 Å². The Hall–Kier alpha value is -2.07. The number of aromatic nitrogens is 1. The van der Waals surface area contributed by atoms with Crippen LogP contribution in [-0.4, -0.2) is 24.6 Å². The summed E-state index contributed by atoms with van der Waals surface area (Å²) in [6, 6.07) is 10.8. The van der Waals surface area contributed by atoms with Gasteiger partial charge in [-0.3, -0.25) is 0 Å². The number of pyridine rings is 1. The van der Waals surface area contributed by atoms with Crippen LogP contribution >= 0.6 is 11.6 Å². The Morgan fingerprint density at radius 2 is 2.15 bits per heavy atom. The molecule has 2 rings (SSSR count). The van der Waals surface area contributed by atoms with Crippen LogP contribution in [0.3, 0.4) is 0 Å². The van der Waals surface area contributed by atoms with Crippen LogP contribution in [0.5, 0.6) is 0 Å². The number of halogens is 1. The number of rotatable bonds is 4. The molecule has 0 saturated carbocycles. The van der Waals surface area contributed by atoms with Crippen LogP contribution in [0.15, 0.2) is 42.6 Å². The van der Waals surface area contributed by atoms with Gasteiger partial charge in [-0.15, -0.1) is 0 Å². The number of nitrogens with zero attached hydrogens (tertiary/aromatic N) is 2. The monoisotopic (exact) mass is 290 g/mol. The minimum absolute atomic E-state index is 0.366. The Morgan fingerprint density at radius 3 is 2.80 bits per heavy atom. The van der Waals surface area contributed by atoms with Gasteiger partial charge in [-0.2, -0.15) is 0 Å². The molecule has 0 N–H and O–H groups in total. The van der Waals surface area contributed by atoms with E-state index in [-0.39, 0.29) is 5.97 Å². The normalized spacial score (nSPS) is 10.2. The number of hydrogen-bond donors (Lipinski definition) is 0. The second-order valence-electron chi connectivity index (χ2n) is 4.10. The molecule has 0 aliphatic rings. The molecule has 0 spiro atoms. The van der Waals surface area contributed by atoms with Crippen molar-refractivity contribution in [3.63, 3.8) is 0 Å². The van der Waals surface area contributed by atoms with Gasteiger partial charge in [-0.1, -0.05) is 17.7 Å². The van der Waals surface area contributed by atoms with Gasteiger partial charge in [0.25, 0.3) is 0 Å². The summed E-state index contributed by atoms with van der Waals surface area (Å²) in [6.07, 6.45) is 1.69. The zero-order chi connectivity index (χ0) is 14.5. The first-order chi connectivity index (χ1) is 9.67. The van der Waals surface area contributed by atoms with Crippen molar-refractivity contribution in [2.75, 3.05) is 18.6 Å². The minimum Gasteiger partial charge on any atom is -0.465 e. The summed E-state index contributed by atoms with van der Waals surface area (Å²) in [4.78, 5) is 17.8. The van der Waals surface area contributed by atoms with Crippen molar-refractivity contribution >= 4 is 29.1 Å². The summed E-state index contributed by atoms with van der Waals surface area (Å²) < 4.78 is 4.73. The van der Waals surface area contributed by atoms with Gasteiger partial charge in [0.05, 0.1) is 17.7 Å². The van der Waals surface area contributed by atoms with E-state index < -0.39 is 0 Å². The summed E-state index contributed by atoms with van der Waals surface area (Å²) >= 11 is 6.18. The number of methoxy groups -OCH3 is 1. The fourth-order valence-electron chi connectivity index (χ4n) is 1.95. The third-order valence-corrected chi connectivity index (χ3v) is 3.18. The number of esters is 1. The van der Waals surface area contributed by atoms with Gasteiger partial charge < -0.3 is 9.64 Å². The quantitative estimate of drug-likeness (QED) is 0.806. The highest BCUT2D eigenvalue weighted by Crippen LogP contribution is 2.29. The van der Waals surface area contributed by atoms with Crippen LogP contribution in [0, 0.1) is 0 Å². The molecule has 20 heavy (non-hydrogen) atoms. The van der Waals surface area contributed by atoms with E-state index in [0.717, 1.165) is 5.69 Å².